The van der Waals surface area contributed by atoms with Gasteiger partial charge in [-0.05, 0) is 18.4 Å². The van der Waals surface area contributed by atoms with E-state index in [1.54, 1.807) is 7.05 Å². The van der Waals surface area contributed by atoms with E-state index < -0.39 is 0 Å². The molecule has 0 heterocycles. The monoisotopic (exact) mass is 371 g/mol. The number of hydrogen-bond donors (Lipinski definition) is 2. The second kappa shape index (κ2) is 9.68. The second-order valence-corrected chi connectivity index (χ2v) is 4.33. The summed E-state index contributed by atoms with van der Waals surface area (Å²) in [7, 11) is 1.74. The van der Waals surface area contributed by atoms with E-state index >= 15 is 0 Å². The molecule has 0 bridgehead atoms. The zero-order valence-corrected chi connectivity index (χ0v) is 14.1. The number of guanidine groups is 1. The first-order valence-corrected chi connectivity index (χ1v) is 6.12. The Morgan fingerprint density at radius 2 is 2.16 bits per heavy atom. The Bertz CT molecular complexity index is 449. The first kappa shape index (κ1) is 17.8. The Hall–Kier alpha value is -1.22. The Kier molecular flexibility index (Phi) is 9.06. The number of nitrogens with zero attached hydrogens (tertiary/aromatic N) is 1. The highest BCUT2D eigenvalue weighted by atomic mass is 127. The SMILES string of the molecule is C#CCNC(=NC)NCC(C)c1cccc(C)c1.I. The van der Waals surface area contributed by atoms with E-state index in [0.717, 1.165) is 12.5 Å². The number of aryl methyl sites for hydroxylation is 1. The second-order valence-electron chi connectivity index (χ2n) is 4.33. The summed E-state index contributed by atoms with van der Waals surface area (Å²) >= 11 is 0. The molecule has 2 N–H and O–H groups in total. The number of aliphatic imine (C=N–C) groups is 1. The quantitative estimate of drug-likeness (QED) is 0.369. The Morgan fingerprint density at radius 1 is 1.42 bits per heavy atom. The average molecular weight is 371 g/mol. The Balaban J connectivity index is 0.00000324. The minimum atomic E-state index is 0. The molecule has 1 aromatic rings. The summed E-state index contributed by atoms with van der Waals surface area (Å²) in [6.45, 7) is 5.61. The highest BCUT2D eigenvalue weighted by Crippen LogP contribution is 2.15. The van der Waals surface area contributed by atoms with Gasteiger partial charge < -0.3 is 10.6 Å². The van der Waals surface area contributed by atoms with Gasteiger partial charge in [-0.1, -0.05) is 42.7 Å². The molecule has 0 amide bonds. The topological polar surface area (TPSA) is 36.4 Å². The van der Waals surface area contributed by atoms with Gasteiger partial charge in [0.2, 0.25) is 0 Å². The third-order valence-corrected chi connectivity index (χ3v) is 2.77. The van der Waals surface area contributed by atoms with Gasteiger partial charge in [-0.2, -0.15) is 0 Å². The third kappa shape index (κ3) is 6.48. The Labute approximate surface area is 133 Å². The summed E-state index contributed by atoms with van der Waals surface area (Å²) in [5.74, 6) is 3.70. The van der Waals surface area contributed by atoms with E-state index in [0.29, 0.717) is 12.5 Å². The molecule has 0 aliphatic rings. The standard InChI is InChI=1S/C15H21N3.HI/c1-5-9-17-15(16-4)18-11-13(3)14-8-6-7-12(2)10-14;/h1,6-8,10,13H,9,11H2,2-4H3,(H2,16,17,18);1H. The van der Waals surface area contributed by atoms with Crippen LogP contribution in [-0.4, -0.2) is 26.1 Å². The lowest BCUT2D eigenvalue weighted by atomic mass is 9.99. The molecule has 0 aliphatic heterocycles. The van der Waals surface area contributed by atoms with Gasteiger partial charge in [0.05, 0.1) is 6.54 Å². The van der Waals surface area contributed by atoms with Crippen LogP contribution in [0.2, 0.25) is 0 Å². The van der Waals surface area contributed by atoms with Crippen molar-refractivity contribution in [2.24, 2.45) is 4.99 Å². The number of benzene rings is 1. The van der Waals surface area contributed by atoms with Gasteiger partial charge in [0.1, 0.15) is 0 Å². The maximum absolute atomic E-state index is 5.20. The molecule has 0 saturated carbocycles. The summed E-state index contributed by atoms with van der Waals surface area (Å²) in [5, 5.41) is 6.31. The molecular formula is C15H22IN3. The lowest BCUT2D eigenvalue weighted by molar-refractivity contribution is 0.705. The van der Waals surface area contributed by atoms with Crippen molar-refractivity contribution in [1.82, 2.24) is 10.6 Å². The van der Waals surface area contributed by atoms with Crippen LogP contribution in [0.25, 0.3) is 0 Å². The predicted molar refractivity (Wildman–Crippen MR) is 93.2 cm³/mol. The van der Waals surface area contributed by atoms with Crippen LogP contribution in [-0.2, 0) is 0 Å². The van der Waals surface area contributed by atoms with Crippen molar-refractivity contribution in [1.29, 1.82) is 0 Å². The van der Waals surface area contributed by atoms with Crippen molar-refractivity contribution in [3.05, 3.63) is 35.4 Å². The fourth-order valence-electron chi connectivity index (χ4n) is 1.70. The van der Waals surface area contributed by atoms with E-state index in [9.17, 15) is 0 Å². The van der Waals surface area contributed by atoms with Crippen LogP contribution in [0.1, 0.15) is 24.0 Å². The summed E-state index contributed by atoms with van der Waals surface area (Å²) in [5.41, 5.74) is 2.61. The van der Waals surface area contributed by atoms with Gasteiger partial charge in [-0.25, -0.2) is 0 Å². The van der Waals surface area contributed by atoms with E-state index in [4.69, 9.17) is 6.42 Å². The molecule has 1 atom stereocenters. The third-order valence-electron chi connectivity index (χ3n) is 2.77. The summed E-state index contributed by atoms with van der Waals surface area (Å²) < 4.78 is 0. The van der Waals surface area contributed by atoms with Gasteiger partial charge in [0, 0.05) is 13.6 Å². The normalized spacial score (nSPS) is 12.0. The lowest BCUT2D eigenvalue weighted by Gasteiger charge is -2.16. The van der Waals surface area contributed by atoms with Crippen molar-refractivity contribution in [2.45, 2.75) is 19.8 Å². The molecule has 1 aromatic carbocycles. The zero-order chi connectivity index (χ0) is 13.4. The summed E-state index contributed by atoms with van der Waals surface area (Å²) in [6, 6.07) is 8.56. The molecule has 0 spiro atoms. The largest absolute Gasteiger partial charge is 0.356 e. The molecule has 19 heavy (non-hydrogen) atoms. The maximum Gasteiger partial charge on any atom is 0.191 e. The highest BCUT2D eigenvalue weighted by Gasteiger charge is 2.06. The van der Waals surface area contributed by atoms with E-state index in [2.05, 4.69) is 59.7 Å². The number of hydrogen-bond acceptors (Lipinski definition) is 1. The van der Waals surface area contributed by atoms with Crippen LogP contribution in [0.3, 0.4) is 0 Å². The maximum atomic E-state index is 5.20. The summed E-state index contributed by atoms with van der Waals surface area (Å²) in [4.78, 5) is 4.11. The predicted octanol–water partition coefficient (Wildman–Crippen LogP) is 2.51. The number of halogens is 1. The molecule has 0 radical (unpaired) electrons. The van der Waals surface area contributed by atoms with Crippen LogP contribution in [0, 0.1) is 19.3 Å². The van der Waals surface area contributed by atoms with Crippen LogP contribution in [0.15, 0.2) is 29.3 Å². The van der Waals surface area contributed by atoms with E-state index in [-0.39, 0.29) is 24.0 Å². The molecule has 1 unspecified atom stereocenters. The number of rotatable bonds is 4. The molecule has 0 saturated heterocycles. The van der Waals surface area contributed by atoms with Gasteiger partial charge in [0.15, 0.2) is 5.96 Å². The van der Waals surface area contributed by atoms with E-state index in [1.165, 1.54) is 11.1 Å². The zero-order valence-electron chi connectivity index (χ0n) is 11.7. The molecule has 4 heteroatoms. The summed E-state index contributed by atoms with van der Waals surface area (Å²) in [6.07, 6.45) is 5.20. The molecule has 0 aliphatic carbocycles. The van der Waals surface area contributed by atoms with Gasteiger partial charge in [-0.3, -0.25) is 4.99 Å². The smallest absolute Gasteiger partial charge is 0.191 e. The van der Waals surface area contributed by atoms with Crippen molar-refractivity contribution in [3.8, 4) is 12.3 Å². The molecular weight excluding hydrogens is 349 g/mol. The van der Waals surface area contributed by atoms with E-state index in [1.807, 2.05) is 0 Å². The molecule has 1 rings (SSSR count). The van der Waals surface area contributed by atoms with Crippen molar-refractivity contribution in [3.63, 3.8) is 0 Å². The van der Waals surface area contributed by atoms with Crippen LogP contribution in [0.5, 0.6) is 0 Å². The molecule has 104 valence electrons. The molecule has 3 nitrogen and oxygen atoms in total. The van der Waals surface area contributed by atoms with Crippen LogP contribution < -0.4 is 10.6 Å². The van der Waals surface area contributed by atoms with Crippen LogP contribution >= 0.6 is 24.0 Å². The molecule has 0 aromatic heterocycles. The molecule has 0 fully saturated rings. The first-order valence-electron chi connectivity index (χ1n) is 6.12. The minimum absolute atomic E-state index is 0. The van der Waals surface area contributed by atoms with Crippen molar-refractivity contribution in [2.75, 3.05) is 20.1 Å². The van der Waals surface area contributed by atoms with Gasteiger partial charge in [0.25, 0.3) is 0 Å². The fourth-order valence-corrected chi connectivity index (χ4v) is 1.70. The van der Waals surface area contributed by atoms with Crippen LogP contribution in [0.4, 0.5) is 0 Å². The van der Waals surface area contributed by atoms with Gasteiger partial charge >= 0.3 is 0 Å². The van der Waals surface area contributed by atoms with Crippen molar-refractivity contribution >= 4 is 29.9 Å². The fraction of sp³-hybridized carbons (Fsp3) is 0.400. The number of terminal acetylenes is 1. The average Bonchev–Trinajstić information content (AvgIpc) is 2.38. The first-order chi connectivity index (χ1) is 8.67. The van der Waals surface area contributed by atoms with Crippen molar-refractivity contribution < 1.29 is 0 Å². The lowest BCUT2D eigenvalue weighted by Crippen LogP contribution is -2.39. The minimum Gasteiger partial charge on any atom is -0.356 e. The van der Waals surface area contributed by atoms with Gasteiger partial charge in [-0.15, -0.1) is 30.4 Å². The highest BCUT2D eigenvalue weighted by molar-refractivity contribution is 14.0. The number of nitrogens with one attached hydrogen (secondary N) is 2. The Morgan fingerprint density at radius 3 is 2.74 bits per heavy atom.